The van der Waals surface area contributed by atoms with E-state index in [1.165, 1.54) is 11.3 Å². The first-order valence-electron chi connectivity index (χ1n) is 5.41. The number of nitrogens with zero attached hydrogens (tertiary/aromatic N) is 1. The number of sulfonamides is 1. The van der Waals surface area contributed by atoms with E-state index in [0.29, 0.717) is 10.8 Å². The van der Waals surface area contributed by atoms with Crippen LogP contribution in [0.3, 0.4) is 0 Å². The Labute approximate surface area is 108 Å². The van der Waals surface area contributed by atoms with Crippen LogP contribution in [0.15, 0.2) is 21.7 Å². The van der Waals surface area contributed by atoms with Gasteiger partial charge in [-0.25, -0.2) is 13.1 Å². The van der Waals surface area contributed by atoms with Crippen molar-refractivity contribution in [3.8, 4) is 0 Å². The Bertz CT molecular complexity index is 436. The largest absolute Gasteiger partial charge is 0.309 e. The van der Waals surface area contributed by atoms with E-state index in [0.717, 1.165) is 6.54 Å². The lowest BCUT2D eigenvalue weighted by atomic mass is 9.93. The van der Waals surface area contributed by atoms with E-state index in [1.807, 2.05) is 27.9 Å². The third-order valence-corrected chi connectivity index (χ3v) is 5.04. The van der Waals surface area contributed by atoms with Gasteiger partial charge in [-0.15, -0.1) is 11.3 Å². The molecule has 17 heavy (non-hydrogen) atoms. The average molecular weight is 276 g/mol. The predicted octanol–water partition coefficient (Wildman–Crippen LogP) is 1.61. The fourth-order valence-corrected chi connectivity index (χ4v) is 3.97. The van der Waals surface area contributed by atoms with Crippen molar-refractivity contribution >= 4 is 21.4 Å². The lowest BCUT2D eigenvalue weighted by Crippen LogP contribution is -2.39. The lowest BCUT2D eigenvalue weighted by Gasteiger charge is -2.28. The fraction of sp³-hybridized carbons (Fsp3) is 0.636. The van der Waals surface area contributed by atoms with Gasteiger partial charge in [0.25, 0.3) is 0 Å². The molecule has 0 aliphatic rings. The third-order valence-electron chi connectivity index (χ3n) is 2.24. The monoisotopic (exact) mass is 276 g/mol. The molecule has 0 aliphatic heterocycles. The minimum atomic E-state index is -3.34. The van der Waals surface area contributed by atoms with Crippen molar-refractivity contribution in [3.63, 3.8) is 0 Å². The summed E-state index contributed by atoms with van der Waals surface area (Å²) in [6, 6.07) is 3.36. The molecule has 1 aromatic rings. The molecule has 0 spiro atoms. The molecular formula is C11H20N2O2S2. The van der Waals surface area contributed by atoms with Gasteiger partial charge in [-0.2, -0.15) is 0 Å². The molecule has 0 aliphatic carbocycles. The summed E-state index contributed by atoms with van der Waals surface area (Å²) in [6.07, 6.45) is 0. The first-order chi connectivity index (χ1) is 7.73. The Kier molecular flexibility index (Phi) is 4.71. The van der Waals surface area contributed by atoms with Crippen LogP contribution in [0.1, 0.15) is 13.8 Å². The second kappa shape index (κ2) is 5.48. The highest BCUT2D eigenvalue weighted by Crippen LogP contribution is 2.18. The molecule has 0 fully saturated rings. The van der Waals surface area contributed by atoms with Crippen molar-refractivity contribution in [2.75, 3.05) is 27.2 Å². The van der Waals surface area contributed by atoms with Crippen LogP contribution < -0.4 is 4.72 Å². The highest BCUT2D eigenvalue weighted by atomic mass is 32.2. The van der Waals surface area contributed by atoms with Crippen molar-refractivity contribution < 1.29 is 8.42 Å². The smallest absolute Gasteiger partial charge is 0.250 e. The molecule has 0 amide bonds. The number of hydrogen-bond acceptors (Lipinski definition) is 4. The van der Waals surface area contributed by atoms with Gasteiger partial charge in [-0.05, 0) is 31.0 Å². The Morgan fingerprint density at radius 1 is 1.41 bits per heavy atom. The minimum Gasteiger partial charge on any atom is -0.309 e. The van der Waals surface area contributed by atoms with E-state index in [4.69, 9.17) is 0 Å². The Hall–Kier alpha value is -0.430. The van der Waals surface area contributed by atoms with Crippen LogP contribution >= 0.6 is 11.3 Å². The summed E-state index contributed by atoms with van der Waals surface area (Å²) in [6.45, 7) is 5.36. The van der Waals surface area contributed by atoms with E-state index in [-0.39, 0.29) is 5.41 Å². The molecule has 1 N–H and O–H groups in total. The predicted molar refractivity (Wildman–Crippen MR) is 71.8 cm³/mol. The summed E-state index contributed by atoms with van der Waals surface area (Å²) in [5, 5.41) is 1.76. The molecule has 0 bridgehead atoms. The Morgan fingerprint density at radius 3 is 2.53 bits per heavy atom. The maximum absolute atomic E-state index is 11.9. The zero-order chi connectivity index (χ0) is 13.1. The van der Waals surface area contributed by atoms with E-state index in [9.17, 15) is 8.42 Å². The molecule has 0 saturated carbocycles. The second-order valence-electron chi connectivity index (χ2n) is 5.16. The van der Waals surface area contributed by atoms with Gasteiger partial charge < -0.3 is 4.90 Å². The normalized spacial score (nSPS) is 13.2. The molecule has 6 heteroatoms. The van der Waals surface area contributed by atoms with Gasteiger partial charge >= 0.3 is 0 Å². The fourth-order valence-electron chi connectivity index (χ4n) is 1.69. The molecule has 0 saturated heterocycles. The second-order valence-corrected chi connectivity index (χ2v) is 8.10. The quantitative estimate of drug-likeness (QED) is 0.859. The van der Waals surface area contributed by atoms with Crippen LogP contribution in [0.5, 0.6) is 0 Å². The topological polar surface area (TPSA) is 49.4 Å². The minimum absolute atomic E-state index is 0.0895. The SMILES string of the molecule is CN(C)CC(C)(C)CNS(=O)(=O)c1cccs1. The number of rotatable bonds is 6. The van der Waals surface area contributed by atoms with Crippen molar-refractivity contribution in [3.05, 3.63) is 17.5 Å². The van der Waals surface area contributed by atoms with Crippen LogP contribution in [-0.4, -0.2) is 40.5 Å². The van der Waals surface area contributed by atoms with E-state index in [1.54, 1.807) is 17.5 Å². The van der Waals surface area contributed by atoms with E-state index < -0.39 is 10.0 Å². The van der Waals surface area contributed by atoms with Crippen molar-refractivity contribution in [1.29, 1.82) is 0 Å². The molecule has 1 heterocycles. The molecule has 0 radical (unpaired) electrons. The summed E-state index contributed by atoms with van der Waals surface area (Å²) in [5.74, 6) is 0. The van der Waals surface area contributed by atoms with Crippen LogP contribution in [0, 0.1) is 5.41 Å². The van der Waals surface area contributed by atoms with Gasteiger partial charge in [0.05, 0.1) is 0 Å². The first-order valence-corrected chi connectivity index (χ1v) is 7.77. The zero-order valence-electron chi connectivity index (χ0n) is 10.7. The lowest BCUT2D eigenvalue weighted by molar-refractivity contribution is 0.242. The van der Waals surface area contributed by atoms with Crippen LogP contribution in [-0.2, 0) is 10.0 Å². The van der Waals surface area contributed by atoms with Crippen LogP contribution in [0.2, 0.25) is 0 Å². The molecule has 0 unspecified atom stereocenters. The van der Waals surface area contributed by atoms with Gasteiger partial charge in [0.15, 0.2) is 0 Å². The number of nitrogens with one attached hydrogen (secondary N) is 1. The van der Waals surface area contributed by atoms with Crippen LogP contribution in [0.4, 0.5) is 0 Å². The molecule has 0 aromatic carbocycles. The number of hydrogen-bond donors (Lipinski definition) is 1. The van der Waals surface area contributed by atoms with Gasteiger partial charge in [-0.3, -0.25) is 0 Å². The van der Waals surface area contributed by atoms with Crippen molar-refractivity contribution in [1.82, 2.24) is 9.62 Å². The van der Waals surface area contributed by atoms with E-state index >= 15 is 0 Å². The van der Waals surface area contributed by atoms with E-state index in [2.05, 4.69) is 9.62 Å². The molecular weight excluding hydrogens is 256 g/mol. The van der Waals surface area contributed by atoms with Gasteiger partial charge in [0, 0.05) is 13.1 Å². The summed E-state index contributed by atoms with van der Waals surface area (Å²) in [4.78, 5) is 2.06. The summed E-state index contributed by atoms with van der Waals surface area (Å²) in [5.41, 5.74) is -0.0895. The Morgan fingerprint density at radius 2 is 2.06 bits per heavy atom. The number of thiophene rings is 1. The standard InChI is InChI=1S/C11H20N2O2S2/c1-11(2,9-13(3)4)8-12-17(14,15)10-6-5-7-16-10/h5-7,12H,8-9H2,1-4H3. The first kappa shape index (κ1) is 14.6. The van der Waals surface area contributed by atoms with Crippen molar-refractivity contribution in [2.24, 2.45) is 5.41 Å². The van der Waals surface area contributed by atoms with Gasteiger partial charge in [-0.1, -0.05) is 19.9 Å². The average Bonchev–Trinajstić information content (AvgIpc) is 2.66. The summed E-state index contributed by atoms with van der Waals surface area (Å²) < 4.78 is 26.9. The highest BCUT2D eigenvalue weighted by molar-refractivity contribution is 7.91. The maximum atomic E-state index is 11.9. The zero-order valence-corrected chi connectivity index (χ0v) is 12.4. The molecule has 1 aromatic heterocycles. The van der Waals surface area contributed by atoms with Crippen molar-refractivity contribution in [2.45, 2.75) is 18.1 Å². The summed E-state index contributed by atoms with van der Waals surface area (Å²) >= 11 is 1.23. The molecule has 4 nitrogen and oxygen atoms in total. The molecule has 0 atom stereocenters. The van der Waals surface area contributed by atoms with Crippen LogP contribution in [0.25, 0.3) is 0 Å². The maximum Gasteiger partial charge on any atom is 0.250 e. The molecule has 98 valence electrons. The molecule has 1 rings (SSSR count). The third kappa shape index (κ3) is 4.75. The summed E-state index contributed by atoms with van der Waals surface area (Å²) in [7, 11) is 0.627. The highest BCUT2D eigenvalue weighted by Gasteiger charge is 2.23. The van der Waals surface area contributed by atoms with Gasteiger partial charge in [0.1, 0.15) is 4.21 Å². The van der Waals surface area contributed by atoms with Gasteiger partial charge in [0.2, 0.25) is 10.0 Å². The Balaban J connectivity index is 2.62.